The summed E-state index contributed by atoms with van der Waals surface area (Å²) in [6, 6.07) is 23.6. The Morgan fingerprint density at radius 2 is 1.60 bits per heavy atom. The van der Waals surface area contributed by atoms with Crippen molar-refractivity contribution in [3.8, 4) is 0 Å². The summed E-state index contributed by atoms with van der Waals surface area (Å²) < 4.78 is 6.35. The van der Waals surface area contributed by atoms with Crippen LogP contribution in [0.15, 0.2) is 77.3 Å². The fourth-order valence-corrected chi connectivity index (χ4v) is 5.71. The number of rotatable bonds is 9. The Labute approximate surface area is 245 Å². The summed E-state index contributed by atoms with van der Waals surface area (Å²) in [6.07, 6.45) is 3.24. The molecule has 2 amide bonds. The number of nitrogens with one attached hydrogen (secondary N) is 2. The van der Waals surface area contributed by atoms with E-state index in [0.717, 1.165) is 75.4 Å². The monoisotopic (exact) mass is 604 g/mol. The van der Waals surface area contributed by atoms with E-state index in [4.69, 9.17) is 4.74 Å². The van der Waals surface area contributed by atoms with Crippen molar-refractivity contribution in [2.24, 2.45) is 5.92 Å². The summed E-state index contributed by atoms with van der Waals surface area (Å²) in [4.78, 5) is 31.0. The van der Waals surface area contributed by atoms with Crippen LogP contribution in [0.25, 0.3) is 0 Å². The first-order valence-electron chi connectivity index (χ1n) is 14.1. The minimum atomic E-state index is -0.208. The Hall–Kier alpha value is -3.20. The number of halogens is 1. The van der Waals surface area contributed by atoms with E-state index in [1.807, 2.05) is 30.3 Å². The molecule has 40 heavy (non-hydrogen) atoms. The van der Waals surface area contributed by atoms with Crippen LogP contribution in [0.5, 0.6) is 0 Å². The molecule has 8 heteroatoms. The predicted molar refractivity (Wildman–Crippen MR) is 163 cm³/mol. The number of anilines is 2. The maximum Gasteiger partial charge on any atom is 0.255 e. The molecule has 0 atom stereocenters. The maximum atomic E-state index is 13.5. The van der Waals surface area contributed by atoms with Crippen molar-refractivity contribution in [2.45, 2.75) is 19.3 Å². The van der Waals surface area contributed by atoms with E-state index in [9.17, 15) is 9.59 Å². The number of carbonyl (C=O) groups excluding carboxylic acids is 2. The number of amides is 2. The second kappa shape index (κ2) is 13.9. The molecule has 3 aromatic rings. The number of morpholine rings is 1. The zero-order valence-electron chi connectivity index (χ0n) is 22.8. The summed E-state index contributed by atoms with van der Waals surface area (Å²) >= 11 is 3.41. The summed E-state index contributed by atoms with van der Waals surface area (Å²) in [6.45, 7) is 6.39. The highest BCUT2D eigenvalue weighted by Crippen LogP contribution is 2.30. The first-order valence-corrected chi connectivity index (χ1v) is 14.9. The lowest BCUT2D eigenvalue weighted by Gasteiger charge is -2.35. The van der Waals surface area contributed by atoms with Gasteiger partial charge >= 0.3 is 0 Å². The normalized spacial score (nSPS) is 16.5. The third kappa shape index (κ3) is 7.71. The topological polar surface area (TPSA) is 73.9 Å². The molecule has 2 aliphatic heterocycles. The van der Waals surface area contributed by atoms with Gasteiger partial charge in [-0.15, -0.1) is 0 Å². The van der Waals surface area contributed by atoms with Gasteiger partial charge in [0.2, 0.25) is 0 Å². The molecule has 2 heterocycles. The van der Waals surface area contributed by atoms with E-state index >= 15 is 0 Å². The molecule has 0 spiro atoms. The number of hydrogen-bond acceptors (Lipinski definition) is 5. The van der Waals surface area contributed by atoms with Gasteiger partial charge in [-0.25, -0.2) is 0 Å². The Morgan fingerprint density at radius 1 is 0.875 bits per heavy atom. The van der Waals surface area contributed by atoms with Crippen molar-refractivity contribution in [2.75, 3.05) is 62.7 Å². The highest BCUT2D eigenvalue weighted by atomic mass is 79.9. The minimum absolute atomic E-state index is 0.116. The van der Waals surface area contributed by atoms with Crippen LogP contribution in [-0.2, 0) is 11.2 Å². The Kier molecular flexibility index (Phi) is 9.86. The van der Waals surface area contributed by atoms with Crippen LogP contribution in [0.3, 0.4) is 0 Å². The molecule has 0 unspecified atom stereocenters. The van der Waals surface area contributed by atoms with Crippen molar-refractivity contribution in [3.05, 3.63) is 94.0 Å². The molecule has 0 aliphatic carbocycles. The summed E-state index contributed by atoms with van der Waals surface area (Å²) in [7, 11) is 0. The Balaban J connectivity index is 1.28. The predicted octanol–water partition coefficient (Wildman–Crippen LogP) is 5.22. The number of ether oxygens (including phenoxy) is 1. The van der Waals surface area contributed by atoms with E-state index in [1.54, 1.807) is 12.1 Å². The van der Waals surface area contributed by atoms with Gasteiger partial charge in [0.15, 0.2) is 0 Å². The third-order valence-corrected chi connectivity index (χ3v) is 8.27. The standard InChI is InChI=1S/C32H37BrN4O3/c33-27-8-6-26(7-9-27)31(38)35-28-10-11-30(29(23-28)32(39)34-14-17-36-18-20-40-21-19-36)37-15-12-25(13-16-37)22-24-4-2-1-3-5-24/h1-11,23,25H,12-22H2,(H,34,39)(H,35,38). The fraction of sp³-hybridized carbons (Fsp3) is 0.375. The number of nitrogens with zero attached hydrogens (tertiary/aromatic N) is 2. The van der Waals surface area contributed by atoms with Crippen molar-refractivity contribution in [1.82, 2.24) is 10.2 Å². The minimum Gasteiger partial charge on any atom is -0.379 e. The average Bonchev–Trinajstić information content (AvgIpc) is 2.99. The van der Waals surface area contributed by atoms with Crippen molar-refractivity contribution in [3.63, 3.8) is 0 Å². The van der Waals surface area contributed by atoms with Crippen LogP contribution in [-0.4, -0.2) is 69.2 Å². The lowest BCUT2D eigenvalue weighted by Crippen LogP contribution is -2.41. The smallest absolute Gasteiger partial charge is 0.255 e. The molecule has 5 rings (SSSR count). The van der Waals surface area contributed by atoms with Crippen molar-refractivity contribution in [1.29, 1.82) is 0 Å². The van der Waals surface area contributed by atoms with Crippen LogP contribution in [0, 0.1) is 5.92 Å². The lowest BCUT2D eigenvalue weighted by atomic mass is 9.89. The largest absolute Gasteiger partial charge is 0.379 e. The molecular formula is C32H37BrN4O3. The SMILES string of the molecule is O=C(Nc1ccc(N2CCC(Cc3ccccc3)CC2)c(C(=O)NCCN2CCOCC2)c1)c1ccc(Br)cc1. The van der Waals surface area contributed by atoms with Gasteiger partial charge < -0.3 is 20.3 Å². The molecular weight excluding hydrogens is 568 g/mol. The Bertz CT molecular complexity index is 1270. The Morgan fingerprint density at radius 3 is 2.33 bits per heavy atom. The second-order valence-electron chi connectivity index (χ2n) is 10.5. The molecule has 2 aliphatic rings. The van der Waals surface area contributed by atoms with E-state index in [1.165, 1.54) is 5.56 Å². The summed E-state index contributed by atoms with van der Waals surface area (Å²) in [5.41, 5.74) is 4.06. The highest BCUT2D eigenvalue weighted by molar-refractivity contribution is 9.10. The fourth-order valence-electron chi connectivity index (χ4n) is 5.45. The number of hydrogen-bond donors (Lipinski definition) is 2. The third-order valence-electron chi connectivity index (χ3n) is 7.75. The summed E-state index contributed by atoms with van der Waals surface area (Å²) in [5.74, 6) is 0.309. The van der Waals surface area contributed by atoms with Gasteiger partial charge in [-0.1, -0.05) is 46.3 Å². The van der Waals surface area contributed by atoms with Gasteiger partial charge in [-0.2, -0.15) is 0 Å². The average molecular weight is 606 g/mol. The van der Waals surface area contributed by atoms with Crippen molar-refractivity contribution < 1.29 is 14.3 Å². The highest BCUT2D eigenvalue weighted by Gasteiger charge is 2.24. The molecule has 210 valence electrons. The van der Waals surface area contributed by atoms with Gasteiger partial charge in [0.25, 0.3) is 11.8 Å². The van der Waals surface area contributed by atoms with Gasteiger partial charge in [0.1, 0.15) is 0 Å². The first-order chi connectivity index (χ1) is 19.5. The van der Waals surface area contributed by atoms with E-state index in [2.05, 4.69) is 66.7 Å². The molecule has 7 nitrogen and oxygen atoms in total. The van der Waals surface area contributed by atoms with Crippen LogP contribution in [0.1, 0.15) is 39.1 Å². The zero-order valence-corrected chi connectivity index (χ0v) is 24.4. The van der Waals surface area contributed by atoms with Crippen LogP contribution >= 0.6 is 15.9 Å². The number of benzene rings is 3. The van der Waals surface area contributed by atoms with Gasteiger partial charge in [0, 0.05) is 60.7 Å². The first kappa shape index (κ1) is 28.3. The van der Waals surface area contributed by atoms with Crippen LogP contribution in [0.2, 0.25) is 0 Å². The molecule has 2 N–H and O–H groups in total. The van der Waals surface area contributed by atoms with Crippen LogP contribution in [0.4, 0.5) is 11.4 Å². The van der Waals surface area contributed by atoms with E-state index < -0.39 is 0 Å². The molecule has 0 bridgehead atoms. The lowest BCUT2D eigenvalue weighted by molar-refractivity contribution is 0.0383. The van der Waals surface area contributed by atoms with Gasteiger partial charge in [-0.3, -0.25) is 14.5 Å². The van der Waals surface area contributed by atoms with E-state index in [0.29, 0.717) is 29.3 Å². The quantitative estimate of drug-likeness (QED) is 0.350. The van der Waals surface area contributed by atoms with E-state index in [-0.39, 0.29) is 11.8 Å². The summed E-state index contributed by atoms with van der Waals surface area (Å²) in [5, 5.41) is 6.09. The van der Waals surface area contributed by atoms with Crippen LogP contribution < -0.4 is 15.5 Å². The zero-order chi connectivity index (χ0) is 27.7. The van der Waals surface area contributed by atoms with Crippen molar-refractivity contribution >= 4 is 39.1 Å². The molecule has 2 fully saturated rings. The van der Waals surface area contributed by atoms with Gasteiger partial charge in [-0.05, 0) is 73.2 Å². The molecule has 0 aromatic heterocycles. The number of carbonyl (C=O) groups is 2. The maximum absolute atomic E-state index is 13.5. The molecule has 0 radical (unpaired) electrons. The molecule has 0 saturated carbocycles. The molecule has 3 aromatic carbocycles. The molecule has 2 saturated heterocycles. The number of piperidine rings is 1. The van der Waals surface area contributed by atoms with Gasteiger partial charge in [0.05, 0.1) is 18.8 Å². The second-order valence-corrected chi connectivity index (χ2v) is 11.4.